The first-order chi connectivity index (χ1) is 15.3. The van der Waals surface area contributed by atoms with Crippen molar-refractivity contribution in [1.82, 2.24) is 20.0 Å². The average molecular weight is 470 g/mol. The van der Waals surface area contributed by atoms with E-state index in [0.717, 1.165) is 11.3 Å². The molecular weight excluding hydrogens is 450 g/mol. The SMILES string of the molecule is COc1nccc(-c2ccc(S(=O)(=O)N[C@@]3(Cc4cccc(C#N)c4)CCNC3=O)s2)n1. The Hall–Kier alpha value is -3.33. The number of hydrogen-bond acceptors (Lipinski definition) is 8. The first-order valence-electron chi connectivity index (χ1n) is 9.64. The molecule has 0 unspecified atom stereocenters. The Kier molecular flexibility index (Phi) is 5.92. The Balaban J connectivity index is 1.63. The van der Waals surface area contributed by atoms with Gasteiger partial charge in [-0.05, 0) is 42.3 Å². The quantitative estimate of drug-likeness (QED) is 0.539. The van der Waals surface area contributed by atoms with Crippen LogP contribution in [0.2, 0.25) is 0 Å². The van der Waals surface area contributed by atoms with Gasteiger partial charge < -0.3 is 10.1 Å². The molecule has 32 heavy (non-hydrogen) atoms. The number of hydrogen-bond donors (Lipinski definition) is 2. The summed E-state index contributed by atoms with van der Waals surface area (Å²) in [5, 5.41) is 11.9. The van der Waals surface area contributed by atoms with Crippen LogP contribution in [0.25, 0.3) is 10.6 Å². The minimum absolute atomic E-state index is 0.0647. The van der Waals surface area contributed by atoms with Gasteiger partial charge in [-0.15, -0.1) is 11.3 Å². The van der Waals surface area contributed by atoms with E-state index >= 15 is 0 Å². The summed E-state index contributed by atoms with van der Waals surface area (Å²) in [5.41, 5.74) is 0.339. The van der Waals surface area contributed by atoms with Crippen LogP contribution in [0.3, 0.4) is 0 Å². The van der Waals surface area contributed by atoms with Gasteiger partial charge in [0.15, 0.2) is 0 Å². The second kappa shape index (κ2) is 8.66. The van der Waals surface area contributed by atoms with Crippen LogP contribution in [0.4, 0.5) is 0 Å². The summed E-state index contributed by atoms with van der Waals surface area (Å²) in [6, 6.07) is 13.8. The molecule has 1 aliphatic rings. The standard InChI is InChI=1S/C21H19N5O4S2/c1-30-20-24-9-7-16(25-20)17-5-6-18(31-17)32(28,29)26-21(8-10-23-19(21)27)12-14-3-2-4-15(11-14)13-22/h2-7,9,11,26H,8,10,12H2,1H3,(H,23,27)/t21-/m1/s1. The second-order valence-corrected chi connectivity index (χ2v) is 10.2. The average Bonchev–Trinajstić information content (AvgIpc) is 3.42. The monoisotopic (exact) mass is 469 g/mol. The molecule has 0 saturated carbocycles. The molecule has 0 aliphatic carbocycles. The lowest BCUT2D eigenvalue weighted by Crippen LogP contribution is -2.54. The van der Waals surface area contributed by atoms with Crippen molar-refractivity contribution >= 4 is 27.3 Å². The zero-order chi connectivity index (χ0) is 22.8. The smallest absolute Gasteiger partial charge is 0.316 e. The third kappa shape index (κ3) is 4.34. The van der Waals surface area contributed by atoms with E-state index in [9.17, 15) is 13.2 Å². The van der Waals surface area contributed by atoms with Crippen molar-refractivity contribution in [2.75, 3.05) is 13.7 Å². The number of carbonyl (C=O) groups is 1. The summed E-state index contributed by atoms with van der Waals surface area (Å²) in [4.78, 5) is 21.5. The predicted molar refractivity (Wildman–Crippen MR) is 117 cm³/mol. The van der Waals surface area contributed by atoms with Crippen LogP contribution in [-0.4, -0.2) is 43.5 Å². The highest BCUT2D eigenvalue weighted by molar-refractivity contribution is 7.91. The van der Waals surface area contributed by atoms with Crippen molar-refractivity contribution in [3.05, 3.63) is 59.8 Å². The largest absolute Gasteiger partial charge is 0.467 e. The summed E-state index contributed by atoms with van der Waals surface area (Å²) >= 11 is 1.04. The van der Waals surface area contributed by atoms with Crippen LogP contribution >= 0.6 is 11.3 Å². The van der Waals surface area contributed by atoms with Crippen molar-refractivity contribution in [2.45, 2.75) is 22.6 Å². The number of rotatable bonds is 7. The van der Waals surface area contributed by atoms with Crippen molar-refractivity contribution in [2.24, 2.45) is 0 Å². The number of nitrogens with zero attached hydrogens (tertiary/aromatic N) is 3. The number of nitriles is 1. The maximum absolute atomic E-state index is 13.2. The number of aromatic nitrogens is 2. The predicted octanol–water partition coefficient (Wildman–Crippen LogP) is 1.87. The topological polar surface area (TPSA) is 134 Å². The Morgan fingerprint density at radius 1 is 1.31 bits per heavy atom. The highest BCUT2D eigenvalue weighted by atomic mass is 32.2. The summed E-state index contributed by atoms with van der Waals surface area (Å²) in [6.45, 7) is 0.357. The lowest BCUT2D eigenvalue weighted by molar-refractivity contribution is -0.124. The van der Waals surface area contributed by atoms with Gasteiger partial charge >= 0.3 is 6.01 Å². The van der Waals surface area contributed by atoms with E-state index in [0.29, 0.717) is 34.7 Å². The van der Waals surface area contributed by atoms with Gasteiger partial charge in [0.2, 0.25) is 5.91 Å². The number of thiophene rings is 1. The number of benzene rings is 1. The van der Waals surface area contributed by atoms with Crippen molar-refractivity contribution in [1.29, 1.82) is 5.26 Å². The molecule has 4 rings (SSSR count). The van der Waals surface area contributed by atoms with E-state index in [1.807, 2.05) is 0 Å². The van der Waals surface area contributed by atoms with Crippen LogP contribution in [0.5, 0.6) is 6.01 Å². The van der Waals surface area contributed by atoms with Crippen LogP contribution in [-0.2, 0) is 21.2 Å². The molecule has 11 heteroatoms. The van der Waals surface area contributed by atoms with Gasteiger partial charge in [0, 0.05) is 19.2 Å². The summed E-state index contributed by atoms with van der Waals surface area (Å²) in [7, 11) is -2.56. The second-order valence-electron chi connectivity index (χ2n) is 7.23. The number of sulfonamides is 1. The fourth-order valence-electron chi connectivity index (χ4n) is 3.56. The Bertz CT molecular complexity index is 1320. The number of ether oxygens (including phenoxy) is 1. The summed E-state index contributed by atoms with van der Waals surface area (Å²) < 4.78 is 34.2. The van der Waals surface area contributed by atoms with E-state index in [2.05, 4.69) is 26.1 Å². The molecule has 1 amide bonds. The lowest BCUT2D eigenvalue weighted by Gasteiger charge is -2.27. The minimum Gasteiger partial charge on any atom is -0.467 e. The van der Waals surface area contributed by atoms with Crippen molar-refractivity contribution in [3.63, 3.8) is 0 Å². The maximum atomic E-state index is 13.2. The molecule has 1 aliphatic heterocycles. The van der Waals surface area contributed by atoms with E-state index in [1.165, 1.54) is 19.4 Å². The zero-order valence-corrected chi connectivity index (χ0v) is 18.7. The molecule has 3 aromatic rings. The van der Waals surface area contributed by atoms with E-state index in [1.54, 1.807) is 36.4 Å². The van der Waals surface area contributed by atoms with Crippen molar-refractivity contribution in [3.8, 4) is 22.7 Å². The van der Waals surface area contributed by atoms with E-state index in [4.69, 9.17) is 10.00 Å². The third-order valence-electron chi connectivity index (χ3n) is 5.08. The molecule has 0 radical (unpaired) electrons. The van der Waals surface area contributed by atoms with Gasteiger partial charge in [-0.3, -0.25) is 4.79 Å². The van der Waals surface area contributed by atoms with Crippen LogP contribution < -0.4 is 14.8 Å². The molecule has 0 spiro atoms. The Morgan fingerprint density at radius 2 is 2.16 bits per heavy atom. The number of nitrogens with one attached hydrogen (secondary N) is 2. The van der Waals surface area contributed by atoms with Gasteiger partial charge in [-0.25, -0.2) is 13.4 Å². The highest BCUT2D eigenvalue weighted by Gasteiger charge is 2.46. The van der Waals surface area contributed by atoms with E-state index in [-0.39, 0.29) is 22.5 Å². The molecule has 164 valence electrons. The van der Waals surface area contributed by atoms with Crippen LogP contribution in [0.15, 0.2) is 52.9 Å². The van der Waals surface area contributed by atoms with Gasteiger partial charge in [0.05, 0.1) is 29.3 Å². The highest BCUT2D eigenvalue weighted by Crippen LogP contribution is 2.32. The summed E-state index contributed by atoms with van der Waals surface area (Å²) in [6.07, 6.45) is 1.96. The normalized spacial score (nSPS) is 18.2. The molecule has 9 nitrogen and oxygen atoms in total. The Labute approximate surface area is 189 Å². The minimum atomic E-state index is -4.01. The van der Waals surface area contributed by atoms with Gasteiger partial charge in [0.1, 0.15) is 9.75 Å². The van der Waals surface area contributed by atoms with Gasteiger partial charge in [0.25, 0.3) is 10.0 Å². The number of amides is 1. The zero-order valence-electron chi connectivity index (χ0n) is 17.0. The fraction of sp³-hybridized carbons (Fsp3) is 0.238. The third-order valence-corrected chi connectivity index (χ3v) is 8.21. The molecule has 1 saturated heterocycles. The van der Waals surface area contributed by atoms with Crippen molar-refractivity contribution < 1.29 is 17.9 Å². The first-order valence-corrected chi connectivity index (χ1v) is 11.9. The lowest BCUT2D eigenvalue weighted by atomic mass is 9.90. The molecule has 1 atom stereocenters. The summed E-state index contributed by atoms with van der Waals surface area (Å²) in [5.74, 6) is -0.388. The van der Waals surface area contributed by atoms with Gasteiger partial charge in [-0.1, -0.05) is 12.1 Å². The molecule has 0 bridgehead atoms. The Morgan fingerprint density at radius 3 is 2.88 bits per heavy atom. The molecule has 2 aromatic heterocycles. The number of methoxy groups -OCH3 is 1. The van der Waals surface area contributed by atoms with Gasteiger partial charge in [-0.2, -0.15) is 15.0 Å². The molecule has 2 N–H and O–H groups in total. The molecule has 1 aromatic carbocycles. The maximum Gasteiger partial charge on any atom is 0.316 e. The first kappa shape index (κ1) is 21.9. The molecule has 3 heterocycles. The molecule has 1 fully saturated rings. The van der Waals surface area contributed by atoms with E-state index < -0.39 is 15.6 Å². The number of carbonyl (C=O) groups excluding carboxylic acids is 1. The van der Waals surface area contributed by atoms with Crippen LogP contribution in [0, 0.1) is 11.3 Å². The fourth-order valence-corrected chi connectivity index (χ4v) is 6.23. The van der Waals surface area contributed by atoms with Crippen LogP contribution in [0.1, 0.15) is 17.5 Å². The molecular formula is C21H19N5O4S2.